The molecule has 49 heavy (non-hydrogen) atoms. The van der Waals surface area contributed by atoms with Gasteiger partial charge in [-0.25, -0.2) is 0 Å². The van der Waals surface area contributed by atoms with Gasteiger partial charge < -0.3 is 36.1 Å². The van der Waals surface area contributed by atoms with E-state index in [2.05, 4.69) is 10.3 Å². The Kier molecular flexibility index (Phi) is 16.6. The SMILES string of the molecule is CC[C@H](C)[C@@H]([C@@H](CC(=O)N1CCC[C@H]1[C@H](OC)[C@@H](C)C(=O)NCCc1ccccn1)OC)N(C)C(=O)[C@@H](CN)C(C(N)=O)(C(C)C)N(C)C. The summed E-state index contributed by atoms with van der Waals surface area (Å²) in [6.45, 7) is 10.5. The third-order valence-electron chi connectivity index (χ3n) is 10.7. The molecule has 1 aromatic rings. The van der Waals surface area contributed by atoms with Crippen LogP contribution in [-0.2, 0) is 35.1 Å². The van der Waals surface area contributed by atoms with Crippen molar-refractivity contribution in [3.05, 3.63) is 30.1 Å². The number of ether oxygens (including phenoxy) is 2. The maximum Gasteiger partial charge on any atom is 0.239 e. The number of likely N-dealkylation sites (N-methyl/N-ethyl adjacent to an activating group) is 2. The van der Waals surface area contributed by atoms with E-state index in [1.165, 1.54) is 0 Å². The molecule has 13 heteroatoms. The Balaban J connectivity index is 2.28. The molecule has 2 rings (SSSR count). The zero-order valence-electron chi connectivity index (χ0n) is 31.5. The Hall–Kier alpha value is -3.13. The van der Waals surface area contributed by atoms with Gasteiger partial charge in [0, 0.05) is 59.2 Å². The van der Waals surface area contributed by atoms with Gasteiger partial charge in [-0.2, -0.15) is 0 Å². The highest BCUT2D eigenvalue weighted by atomic mass is 16.5. The first-order valence-corrected chi connectivity index (χ1v) is 17.6. The standard InChI is InChI=1S/C36H63N7O6/c1-11-24(4)31(42(8)34(46)27(22-37)36(23(2)3,35(38)47)41(6)7)29(48-9)21-30(44)43-20-14-16-28(43)32(49-10)25(5)33(45)40-19-17-26-15-12-13-18-39-26/h12-13,15,18,23-25,27-29,31-32H,11,14,16-17,19-22,37H2,1-10H3,(H2,38,47)(H,40,45)/t24-,25+,27+,28-,29+,31-,32+,36?/m0/s1. The number of pyridine rings is 1. The van der Waals surface area contributed by atoms with Crippen LogP contribution in [0.1, 0.15) is 66.0 Å². The van der Waals surface area contributed by atoms with Crippen molar-refractivity contribution in [3.63, 3.8) is 0 Å². The number of hydrogen-bond acceptors (Lipinski definition) is 9. The summed E-state index contributed by atoms with van der Waals surface area (Å²) in [4.78, 5) is 64.1. The highest BCUT2D eigenvalue weighted by Gasteiger charge is 2.53. The number of rotatable bonds is 20. The number of primary amides is 1. The summed E-state index contributed by atoms with van der Waals surface area (Å²) in [7, 11) is 8.27. The number of nitrogens with one attached hydrogen (secondary N) is 1. The van der Waals surface area contributed by atoms with Gasteiger partial charge >= 0.3 is 0 Å². The van der Waals surface area contributed by atoms with E-state index in [4.69, 9.17) is 20.9 Å². The number of nitrogens with two attached hydrogens (primary N) is 2. The first kappa shape index (κ1) is 42.0. The monoisotopic (exact) mass is 689 g/mol. The quantitative estimate of drug-likeness (QED) is 0.184. The minimum Gasteiger partial charge on any atom is -0.379 e. The Morgan fingerprint density at radius 2 is 1.78 bits per heavy atom. The van der Waals surface area contributed by atoms with Crippen LogP contribution < -0.4 is 16.8 Å². The third kappa shape index (κ3) is 9.56. The lowest BCUT2D eigenvalue weighted by atomic mass is 9.72. The van der Waals surface area contributed by atoms with E-state index in [0.29, 0.717) is 32.4 Å². The van der Waals surface area contributed by atoms with Crippen LogP contribution in [0.4, 0.5) is 0 Å². The molecule has 2 heterocycles. The van der Waals surface area contributed by atoms with E-state index < -0.39 is 41.5 Å². The summed E-state index contributed by atoms with van der Waals surface area (Å²) in [5, 5.41) is 3.00. The predicted octanol–water partition coefficient (Wildman–Crippen LogP) is 1.68. The number of methoxy groups -OCH3 is 2. The smallest absolute Gasteiger partial charge is 0.239 e. The van der Waals surface area contributed by atoms with Crippen molar-refractivity contribution in [2.45, 2.75) is 96.6 Å². The topological polar surface area (TPSA) is 173 Å². The summed E-state index contributed by atoms with van der Waals surface area (Å²) >= 11 is 0. The van der Waals surface area contributed by atoms with Gasteiger partial charge in [-0.05, 0) is 50.9 Å². The molecule has 13 nitrogen and oxygen atoms in total. The van der Waals surface area contributed by atoms with Gasteiger partial charge in [0.15, 0.2) is 0 Å². The fourth-order valence-corrected chi connectivity index (χ4v) is 7.95. The zero-order valence-corrected chi connectivity index (χ0v) is 31.5. The minimum absolute atomic E-state index is 0.0207. The van der Waals surface area contributed by atoms with E-state index in [1.54, 1.807) is 56.3 Å². The van der Waals surface area contributed by atoms with Crippen LogP contribution in [0.15, 0.2) is 24.4 Å². The maximum atomic E-state index is 14.3. The number of carbonyl (C=O) groups is 4. The molecular formula is C36H63N7O6. The van der Waals surface area contributed by atoms with Gasteiger partial charge in [0.1, 0.15) is 5.54 Å². The average molecular weight is 690 g/mol. The van der Waals surface area contributed by atoms with Crippen LogP contribution in [0.25, 0.3) is 0 Å². The van der Waals surface area contributed by atoms with E-state index in [-0.39, 0.29) is 48.6 Å². The Morgan fingerprint density at radius 3 is 2.27 bits per heavy atom. The zero-order chi connectivity index (χ0) is 37.1. The lowest BCUT2D eigenvalue weighted by molar-refractivity contribution is -0.156. The second-order valence-electron chi connectivity index (χ2n) is 14.0. The van der Waals surface area contributed by atoms with Crippen molar-refractivity contribution >= 4 is 23.6 Å². The summed E-state index contributed by atoms with van der Waals surface area (Å²) < 4.78 is 11.9. The molecule has 0 radical (unpaired) electrons. The molecule has 1 saturated heterocycles. The molecule has 0 saturated carbocycles. The highest BCUT2D eigenvalue weighted by molar-refractivity contribution is 5.93. The molecule has 1 aliphatic heterocycles. The van der Waals surface area contributed by atoms with E-state index in [1.807, 2.05) is 52.8 Å². The summed E-state index contributed by atoms with van der Waals surface area (Å²) in [5.41, 5.74) is 11.8. The Morgan fingerprint density at radius 1 is 1.10 bits per heavy atom. The molecule has 8 atom stereocenters. The molecule has 4 amide bonds. The number of likely N-dealkylation sites (tertiary alicyclic amines) is 1. The van der Waals surface area contributed by atoms with E-state index in [9.17, 15) is 19.2 Å². The number of hydrogen-bond donors (Lipinski definition) is 3. The van der Waals surface area contributed by atoms with Crippen LogP contribution in [-0.4, -0.2) is 128 Å². The summed E-state index contributed by atoms with van der Waals surface area (Å²) in [6.07, 6.45) is 3.40. The van der Waals surface area contributed by atoms with Gasteiger partial charge in [0.2, 0.25) is 23.6 Å². The molecule has 1 unspecified atom stereocenters. The van der Waals surface area contributed by atoms with Gasteiger partial charge in [0.25, 0.3) is 0 Å². The molecule has 1 aromatic heterocycles. The Bertz CT molecular complexity index is 1210. The molecule has 0 aliphatic carbocycles. The fourth-order valence-electron chi connectivity index (χ4n) is 7.95. The van der Waals surface area contributed by atoms with Crippen molar-refractivity contribution in [3.8, 4) is 0 Å². The molecular weight excluding hydrogens is 626 g/mol. The van der Waals surface area contributed by atoms with Crippen molar-refractivity contribution in [2.24, 2.45) is 35.1 Å². The summed E-state index contributed by atoms with van der Waals surface area (Å²) in [6, 6.07) is 4.89. The second-order valence-corrected chi connectivity index (χ2v) is 14.0. The summed E-state index contributed by atoms with van der Waals surface area (Å²) in [5.74, 6) is -3.01. The predicted molar refractivity (Wildman–Crippen MR) is 190 cm³/mol. The van der Waals surface area contributed by atoms with Crippen molar-refractivity contribution in [1.29, 1.82) is 0 Å². The first-order chi connectivity index (χ1) is 23.1. The number of aromatic nitrogens is 1. The van der Waals surface area contributed by atoms with Gasteiger partial charge in [-0.1, -0.05) is 47.1 Å². The number of amides is 4. The lowest BCUT2D eigenvalue weighted by Crippen LogP contribution is -2.68. The van der Waals surface area contributed by atoms with Crippen LogP contribution >= 0.6 is 0 Å². The minimum atomic E-state index is -1.32. The number of carbonyl (C=O) groups excluding carboxylic acids is 4. The van der Waals surface area contributed by atoms with Crippen molar-refractivity contribution in [1.82, 2.24) is 25.0 Å². The van der Waals surface area contributed by atoms with Crippen LogP contribution in [0.2, 0.25) is 0 Å². The van der Waals surface area contributed by atoms with Crippen LogP contribution in [0, 0.1) is 23.7 Å². The second kappa shape index (κ2) is 19.3. The largest absolute Gasteiger partial charge is 0.379 e. The average Bonchev–Trinajstić information content (AvgIpc) is 3.56. The highest BCUT2D eigenvalue weighted by Crippen LogP contribution is 2.35. The van der Waals surface area contributed by atoms with Gasteiger partial charge in [-0.3, -0.25) is 29.1 Å². The van der Waals surface area contributed by atoms with Crippen LogP contribution in [0.5, 0.6) is 0 Å². The third-order valence-corrected chi connectivity index (χ3v) is 10.7. The molecule has 0 bridgehead atoms. The fraction of sp³-hybridized carbons (Fsp3) is 0.750. The van der Waals surface area contributed by atoms with Crippen LogP contribution in [0.3, 0.4) is 0 Å². The van der Waals surface area contributed by atoms with E-state index >= 15 is 0 Å². The Labute approximate surface area is 293 Å². The number of nitrogens with zero attached hydrogens (tertiary/aromatic N) is 4. The van der Waals surface area contributed by atoms with Crippen molar-refractivity contribution in [2.75, 3.05) is 55.0 Å². The lowest BCUT2D eigenvalue weighted by Gasteiger charge is -2.48. The first-order valence-electron chi connectivity index (χ1n) is 17.6. The molecule has 5 N–H and O–H groups in total. The molecule has 278 valence electrons. The molecule has 0 spiro atoms. The molecule has 1 aliphatic rings. The maximum absolute atomic E-state index is 14.3. The van der Waals surface area contributed by atoms with Crippen molar-refractivity contribution < 1.29 is 28.7 Å². The van der Waals surface area contributed by atoms with Gasteiger partial charge in [-0.15, -0.1) is 0 Å². The van der Waals surface area contributed by atoms with Gasteiger partial charge in [0.05, 0.1) is 42.5 Å². The molecule has 1 fully saturated rings. The normalized spacial score (nSPS) is 19.9. The molecule has 0 aromatic carbocycles. The van der Waals surface area contributed by atoms with E-state index in [0.717, 1.165) is 12.1 Å².